The number of carbonyl (C=O) groups excluding carboxylic acids is 1. The molecule has 0 atom stereocenters. The first kappa shape index (κ1) is 22.4. The molecule has 2 amide bonds. The molecule has 1 aliphatic heterocycles. The monoisotopic (exact) mass is 483 g/mol. The van der Waals surface area contributed by atoms with E-state index in [9.17, 15) is 4.79 Å². The molecule has 178 valence electrons. The van der Waals surface area contributed by atoms with Gasteiger partial charge in [0.05, 0.1) is 28.2 Å². The highest BCUT2D eigenvalue weighted by atomic mass is 35.5. The lowest BCUT2D eigenvalue weighted by atomic mass is 10.1. The molecular formula is C25H26ClN3O5. The van der Waals surface area contributed by atoms with E-state index in [1.54, 1.807) is 30.5 Å². The van der Waals surface area contributed by atoms with Crippen molar-refractivity contribution in [3.05, 3.63) is 41.6 Å². The number of pyridine rings is 1. The number of ether oxygens (including phenoxy) is 4. The number of urea groups is 1. The van der Waals surface area contributed by atoms with Crippen molar-refractivity contribution in [1.29, 1.82) is 0 Å². The molecule has 9 heteroatoms. The number of benzene rings is 2. The second-order valence-electron chi connectivity index (χ2n) is 8.75. The van der Waals surface area contributed by atoms with E-state index >= 15 is 0 Å². The normalized spacial score (nSPS) is 14.7. The molecule has 0 radical (unpaired) electrons. The molecule has 34 heavy (non-hydrogen) atoms. The number of anilines is 1. The summed E-state index contributed by atoms with van der Waals surface area (Å²) in [6.07, 6.45) is 3.69. The molecule has 8 nitrogen and oxygen atoms in total. The van der Waals surface area contributed by atoms with Gasteiger partial charge in [0.1, 0.15) is 24.7 Å². The Labute approximate surface area is 202 Å². The van der Waals surface area contributed by atoms with Gasteiger partial charge in [0.15, 0.2) is 11.5 Å². The molecule has 0 bridgehead atoms. The molecule has 0 saturated heterocycles. The van der Waals surface area contributed by atoms with Crippen molar-refractivity contribution in [2.45, 2.75) is 32.7 Å². The maximum atomic E-state index is 12.0. The zero-order chi connectivity index (χ0) is 23.7. The summed E-state index contributed by atoms with van der Waals surface area (Å²) in [5.74, 6) is 3.12. The predicted octanol–water partition coefficient (Wildman–Crippen LogP) is 5.77. The molecule has 5 rings (SSSR count). The minimum Gasteiger partial charge on any atom is -0.489 e. The van der Waals surface area contributed by atoms with Crippen LogP contribution in [0.4, 0.5) is 10.5 Å². The van der Waals surface area contributed by atoms with E-state index in [2.05, 4.69) is 29.5 Å². The van der Waals surface area contributed by atoms with Crippen LogP contribution in [0.25, 0.3) is 10.9 Å². The third-order valence-corrected chi connectivity index (χ3v) is 5.66. The van der Waals surface area contributed by atoms with E-state index in [0.717, 1.165) is 12.8 Å². The van der Waals surface area contributed by atoms with Crippen molar-refractivity contribution in [3.8, 4) is 28.7 Å². The van der Waals surface area contributed by atoms with Crippen LogP contribution in [0.5, 0.6) is 28.7 Å². The first-order chi connectivity index (χ1) is 16.5. The molecule has 2 aliphatic rings. The predicted molar refractivity (Wildman–Crippen MR) is 130 cm³/mol. The zero-order valence-electron chi connectivity index (χ0n) is 19.0. The molecular weight excluding hydrogens is 458 g/mol. The Morgan fingerprint density at radius 3 is 2.68 bits per heavy atom. The molecule has 0 spiro atoms. The van der Waals surface area contributed by atoms with Crippen molar-refractivity contribution in [2.24, 2.45) is 5.92 Å². The summed E-state index contributed by atoms with van der Waals surface area (Å²) in [4.78, 5) is 16.5. The minimum absolute atomic E-state index is 0.259. The fourth-order valence-electron chi connectivity index (χ4n) is 3.58. The summed E-state index contributed by atoms with van der Waals surface area (Å²) in [5.41, 5.74) is 1.18. The highest BCUT2D eigenvalue weighted by Gasteiger charge is 2.25. The van der Waals surface area contributed by atoms with Gasteiger partial charge in [-0.25, -0.2) is 4.79 Å². The standard InChI is InChI=1S/C25H26ClN3O5/c1-14(2)13-33-21-12-19-22(24-23(21)31-9-10-32-24)20(7-8-27-19)34-16-5-6-18(17(26)11-16)29-25(30)28-15-3-4-15/h5-8,11-12,14-15H,3-4,9-10,13H2,1-2H3,(H2,28,29,30). The molecule has 3 aromatic rings. The van der Waals surface area contributed by atoms with Gasteiger partial charge in [0.2, 0.25) is 5.75 Å². The highest BCUT2D eigenvalue weighted by Crippen LogP contribution is 2.48. The number of nitrogens with one attached hydrogen (secondary N) is 2. The quantitative estimate of drug-likeness (QED) is 0.443. The van der Waals surface area contributed by atoms with Crippen LogP contribution in [0.3, 0.4) is 0 Å². The molecule has 2 heterocycles. The number of fused-ring (bicyclic) bond motifs is 3. The van der Waals surface area contributed by atoms with E-state index in [-0.39, 0.29) is 12.1 Å². The first-order valence-electron chi connectivity index (χ1n) is 11.4. The molecule has 1 fully saturated rings. The maximum Gasteiger partial charge on any atom is 0.319 e. The Hall–Kier alpha value is -3.39. The number of nitrogens with zero attached hydrogens (tertiary/aromatic N) is 1. The number of halogens is 1. The lowest BCUT2D eigenvalue weighted by molar-refractivity contribution is 0.161. The van der Waals surface area contributed by atoms with Crippen molar-refractivity contribution >= 4 is 34.2 Å². The Morgan fingerprint density at radius 2 is 1.94 bits per heavy atom. The maximum absolute atomic E-state index is 12.0. The first-order valence-corrected chi connectivity index (χ1v) is 11.7. The van der Waals surface area contributed by atoms with Gasteiger partial charge in [-0.1, -0.05) is 25.4 Å². The van der Waals surface area contributed by atoms with Crippen molar-refractivity contribution in [1.82, 2.24) is 10.3 Å². The Balaban J connectivity index is 1.43. The average molecular weight is 484 g/mol. The number of amides is 2. The Morgan fingerprint density at radius 1 is 1.15 bits per heavy atom. The van der Waals surface area contributed by atoms with Gasteiger partial charge in [-0.15, -0.1) is 0 Å². The smallest absolute Gasteiger partial charge is 0.319 e. The fraction of sp³-hybridized carbons (Fsp3) is 0.360. The van der Waals surface area contributed by atoms with Crippen LogP contribution in [0, 0.1) is 5.92 Å². The van der Waals surface area contributed by atoms with Gasteiger partial charge in [0, 0.05) is 24.4 Å². The van der Waals surface area contributed by atoms with E-state index in [1.807, 2.05) is 6.07 Å². The number of rotatable bonds is 7. The van der Waals surface area contributed by atoms with Gasteiger partial charge >= 0.3 is 6.03 Å². The largest absolute Gasteiger partial charge is 0.489 e. The zero-order valence-corrected chi connectivity index (χ0v) is 19.8. The van der Waals surface area contributed by atoms with Crippen molar-refractivity contribution in [2.75, 3.05) is 25.1 Å². The van der Waals surface area contributed by atoms with E-state index in [0.29, 0.717) is 76.1 Å². The molecule has 2 N–H and O–H groups in total. The summed E-state index contributed by atoms with van der Waals surface area (Å²) >= 11 is 6.41. The molecule has 1 aromatic heterocycles. The van der Waals surface area contributed by atoms with Crippen LogP contribution >= 0.6 is 11.6 Å². The number of hydrogen-bond donors (Lipinski definition) is 2. The van der Waals surface area contributed by atoms with Crippen molar-refractivity contribution in [3.63, 3.8) is 0 Å². The number of aromatic nitrogens is 1. The third kappa shape index (κ3) is 4.92. The summed E-state index contributed by atoms with van der Waals surface area (Å²) in [6, 6.07) is 8.71. The second-order valence-corrected chi connectivity index (χ2v) is 9.16. The van der Waals surface area contributed by atoms with E-state index in [4.69, 9.17) is 30.5 Å². The number of carbonyl (C=O) groups is 1. The van der Waals surface area contributed by atoms with Gasteiger partial charge < -0.3 is 29.6 Å². The Kier molecular flexibility index (Phi) is 6.24. The van der Waals surface area contributed by atoms with Crippen LogP contribution in [0.1, 0.15) is 26.7 Å². The van der Waals surface area contributed by atoms with Gasteiger partial charge in [-0.3, -0.25) is 4.98 Å². The van der Waals surface area contributed by atoms with Crippen molar-refractivity contribution < 1.29 is 23.7 Å². The minimum atomic E-state index is -0.266. The lowest BCUT2D eigenvalue weighted by Crippen LogP contribution is -2.30. The highest BCUT2D eigenvalue weighted by molar-refractivity contribution is 6.33. The fourth-order valence-corrected chi connectivity index (χ4v) is 3.80. The topological polar surface area (TPSA) is 90.9 Å². The summed E-state index contributed by atoms with van der Waals surface area (Å²) in [7, 11) is 0. The third-order valence-electron chi connectivity index (χ3n) is 5.34. The SMILES string of the molecule is CC(C)COc1cc2nccc(Oc3ccc(NC(=O)NC4CC4)c(Cl)c3)c2c2c1OCCO2. The van der Waals surface area contributed by atoms with Crippen LogP contribution in [0.2, 0.25) is 5.02 Å². The van der Waals surface area contributed by atoms with E-state index < -0.39 is 0 Å². The van der Waals surface area contributed by atoms with Crippen LogP contribution in [-0.4, -0.2) is 36.9 Å². The van der Waals surface area contributed by atoms with E-state index in [1.165, 1.54) is 0 Å². The van der Waals surface area contributed by atoms with Crippen LogP contribution < -0.4 is 29.6 Å². The lowest BCUT2D eigenvalue weighted by Gasteiger charge is -2.24. The summed E-state index contributed by atoms with van der Waals surface area (Å²) < 4.78 is 24.0. The molecule has 0 unspecified atom stereocenters. The Bertz CT molecular complexity index is 1230. The second kappa shape index (κ2) is 9.46. The molecule has 1 aliphatic carbocycles. The average Bonchev–Trinajstić information content (AvgIpc) is 3.63. The summed E-state index contributed by atoms with van der Waals surface area (Å²) in [5, 5.41) is 6.70. The van der Waals surface area contributed by atoms with Gasteiger partial charge in [-0.2, -0.15) is 0 Å². The van der Waals surface area contributed by atoms with Crippen LogP contribution in [0.15, 0.2) is 36.5 Å². The van der Waals surface area contributed by atoms with Gasteiger partial charge in [0.25, 0.3) is 0 Å². The summed E-state index contributed by atoms with van der Waals surface area (Å²) in [6.45, 7) is 5.57. The van der Waals surface area contributed by atoms with Crippen LogP contribution in [-0.2, 0) is 0 Å². The molecule has 2 aromatic carbocycles. The molecule has 1 saturated carbocycles. The number of hydrogen-bond acceptors (Lipinski definition) is 6. The van der Waals surface area contributed by atoms with Gasteiger partial charge in [-0.05, 0) is 37.0 Å².